The highest BCUT2D eigenvalue weighted by Crippen LogP contribution is 2.07. The second-order valence-corrected chi connectivity index (χ2v) is 1.81. The van der Waals surface area contributed by atoms with Crippen LogP contribution in [-0.2, 0) is 0 Å². The van der Waals surface area contributed by atoms with Crippen molar-refractivity contribution >= 4 is 5.69 Å². The van der Waals surface area contributed by atoms with Crippen LogP contribution in [0.15, 0.2) is 24.3 Å². The van der Waals surface area contributed by atoms with Gasteiger partial charge in [-0.2, -0.15) is 0 Å². The van der Waals surface area contributed by atoms with Gasteiger partial charge in [0, 0.05) is 0 Å². The van der Waals surface area contributed by atoms with E-state index in [1.807, 2.05) is 17.6 Å². The van der Waals surface area contributed by atoms with Crippen molar-refractivity contribution in [3.05, 3.63) is 36.8 Å². The summed E-state index contributed by atoms with van der Waals surface area (Å²) in [6, 6.07) is 7.19. The Labute approximate surface area is 54.1 Å². The van der Waals surface area contributed by atoms with Gasteiger partial charge >= 0.3 is 0 Å². The normalized spacial score (nSPS) is 9.11. The van der Waals surface area contributed by atoms with E-state index in [0.717, 1.165) is 5.56 Å². The van der Waals surface area contributed by atoms with E-state index in [4.69, 9.17) is 5.21 Å². The van der Waals surface area contributed by atoms with Crippen LogP contribution in [0.3, 0.4) is 0 Å². The smallest absolute Gasteiger partial charge is 0.0604 e. The molecule has 0 aliphatic carbocycles. The van der Waals surface area contributed by atoms with E-state index in [1.165, 1.54) is 0 Å². The number of benzene rings is 1. The lowest BCUT2D eigenvalue weighted by Gasteiger charge is -1.96. The average molecular weight is 122 g/mol. The molecule has 2 N–H and O–H groups in total. The van der Waals surface area contributed by atoms with Crippen LogP contribution in [0.4, 0.5) is 5.69 Å². The zero-order chi connectivity index (χ0) is 6.69. The molecule has 0 bridgehead atoms. The van der Waals surface area contributed by atoms with Gasteiger partial charge in [0.25, 0.3) is 0 Å². The first-order chi connectivity index (χ1) is 4.33. The summed E-state index contributed by atoms with van der Waals surface area (Å²) >= 11 is 0. The third-order valence-corrected chi connectivity index (χ3v) is 1.06. The molecule has 0 aliphatic heterocycles. The lowest BCUT2D eigenvalue weighted by Crippen LogP contribution is -1.87. The fourth-order valence-corrected chi connectivity index (χ4v) is 0.641. The topological polar surface area (TPSA) is 32.3 Å². The van der Waals surface area contributed by atoms with E-state index in [-0.39, 0.29) is 0 Å². The monoisotopic (exact) mass is 122 g/mol. The number of anilines is 1. The predicted molar refractivity (Wildman–Crippen MR) is 36.3 cm³/mol. The lowest BCUT2D eigenvalue weighted by molar-refractivity contribution is 0.389. The first kappa shape index (κ1) is 6.11. The summed E-state index contributed by atoms with van der Waals surface area (Å²) in [4.78, 5) is 0. The quantitative estimate of drug-likeness (QED) is 0.555. The van der Waals surface area contributed by atoms with Gasteiger partial charge in [-0.1, -0.05) is 12.1 Å². The van der Waals surface area contributed by atoms with Crippen LogP contribution in [0, 0.1) is 6.92 Å². The molecule has 2 heteroatoms. The maximum absolute atomic E-state index is 8.38. The lowest BCUT2D eigenvalue weighted by atomic mass is 10.2. The number of nitrogens with one attached hydrogen (secondary N) is 1. The SMILES string of the molecule is [CH2]c1cccc(NO)c1. The van der Waals surface area contributed by atoms with E-state index in [9.17, 15) is 0 Å². The highest BCUT2D eigenvalue weighted by Gasteiger charge is 1.85. The molecule has 0 aliphatic rings. The van der Waals surface area contributed by atoms with Crippen molar-refractivity contribution in [2.45, 2.75) is 0 Å². The Bertz CT molecular complexity index is 198. The summed E-state index contributed by atoms with van der Waals surface area (Å²) in [7, 11) is 0. The molecule has 0 spiro atoms. The first-order valence-electron chi connectivity index (χ1n) is 2.65. The van der Waals surface area contributed by atoms with Gasteiger partial charge in [0.1, 0.15) is 0 Å². The van der Waals surface area contributed by atoms with Crippen molar-refractivity contribution in [2.24, 2.45) is 0 Å². The van der Waals surface area contributed by atoms with Gasteiger partial charge in [-0.05, 0) is 24.6 Å². The number of rotatable bonds is 1. The number of hydrogen-bond acceptors (Lipinski definition) is 2. The van der Waals surface area contributed by atoms with Crippen LogP contribution in [0.5, 0.6) is 0 Å². The Morgan fingerprint density at radius 2 is 2.22 bits per heavy atom. The molecule has 0 amide bonds. The van der Waals surface area contributed by atoms with Crippen molar-refractivity contribution in [3.8, 4) is 0 Å². The zero-order valence-corrected chi connectivity index (χ0v) is 4.96. The molecular weight excluding hydrogens is 114 g/mol. The minimum Gasteiger partial charge on any atom is -0.291 e. The second-order valence-electron chi connectivity index (χ2n) is 1.81. The molecule has 2 nitrogen and oxygen atoms in total. The highest BCUT2D eigenvalue weighted by atomic mass is 16.5. The minimum absolute atomic E-state index is 0.669. The van der Waals surface area contributed by atoms with Crippen LogP contribution in [-0.4, -0.2) is 5.21 Å². The van der Waals surface area contributed by atoms with Crippen molar-refractivity contribution in [3.63, 3.8) is 0 Å². The Morgan fingerprint density at radius 3 is 2.67 bits per heavy atom. The van der Waals surface area contributed by atoms with Crippen molar-refractivity contribution in [1.29, 1.82) is 0 Å². The fourth-order valence-electron chi connectivity index (χ4n) is 0.641. The Kier molecular flexibility index (Phi) is 1.70. The molecule has 1 aromatic rings. The summed E-state index contributed by atoms with van der Waals surface area (Å²) in [6.45, 7) is 3.68. The maximum Gasteiger partial charge on any atom is 0.0604 e. The largest absolute Gasteiger partial charge is 0.291 e. The number of hydrogen-bond donors (Lipinski definition) is 2. The van der Waals surface area contributed by atoms with Crippen molar-refractivity contribution in [1.82, 2.24) is 0 Å². The fraction of sp³-hybridized carbons (Fsp3) is 0. The summed E-state index contributed by atoms with van der Waals surface area (Å²) in [5, 5.41) is 8.38. The third kappa shape index (κ3) is 1.44. The first-order valence-corrected chi connectivity index (χ1v) is 2.65. The minimum atomic E-state index is 0.669. The Balaban J connectivity index is 2.94. The molecule has 0 atom stereocenters. The standard InChI is InChI=1S/C7H8NO/c1-6-3-2-4-7(5-6)8-9/h2-5,8-9H,1H2. The van der Waals surface area contributed by atoms with Crippen LogP contribution in [0.1, 0.15) is 5.56 Å². The molecule has 47 valence electrons. The Morgan fingerprint density at radius 1 is 1.44 bits per heavy atom. The van der Waals surface area contributed by atoms with Crippen LogP contribution < -0.4 is 5.48 Å². The molecule has 0 unspecified atom stereocenters. The van der Waals surface area contributed by atoms with E-state index in [0.29, 0.717) is 5.69 Å². The summed E-state index contributed by atoms with van der Waals surface area (Å²) in [6.07, 6.45) is 0. The summed E-state index contributed by atoms with van der Waals surface area (Å²) in [5.41, 5.74) is 3.58. The van der Waals surface area contributed by atoms with Crippen molar-refractivity contribution in [2.75, 3.05) is 5.48 Å². The van der Waals surface area contributed by atoms with Crippen LogP contribution in [0.25, 0.3) is 0 Å². The third-order valence-electron chi connectivity index (χ3n) is 1.06. The van der Waals surface area contributed by atoms with Crippen LogP contribution >= 0.6 is 0 Å². The van der Waals surface area contributed by atoms with Gasteiger partial charge in [-0.15, -0.1) is 0 Å². The molecule has 0 aromatic heterocycles. The highest BCUT2D eigenvalue weighted by molar-refractivity contribution is 5.44. The molecule has 1 aromatic carbocycles. The summed E-state index contributed by atoms with van der Waals surface area (Å²) < 4.78 is 0. The maximum atomic E-state index is 8.38. The molecular formula is C7H8NO. The molecule has 0 saturated heterocycles. The van der Waals surface area contributed by atoms with Gasteiger partial charge in [-0.3, -0.25) is 10.7 Å². The molecule has 1 radical (unpaired) electrons. The van der Waals surface area contributed by atoms with Gasteiger partial charge in [0.2, 0.25) is 0 Å². The molecule has 9 heavy (non-hydrogen) atoms. The molecule has 1 rings (SSSR count). The van der Waals surface area contributed by atoms with Crippen molar-refractivity contribution < 1.29 is 5.21 Å². The van der Waals surface area contributed by atoms with Crippen LogP contribution in [0.2, 0.25) is 0 Å². The van der Waals surface area contributed by atoms with E-state index < -0.39 is 0 Å². The van der Waals surface area contributed by atoms with E-state index >= 15 is 0 Å². The van der Waals surface area contributed by atoms with Gasteiger partial charge in [0.15, 0.2) is 0 Å². The summed E-state index contributed by atoms with van der Waals surface area (Å²) in [5.74, 6) is 0. The molecule has 0 saturated carbocycles. The molecule has 0 fully saturated rings. The van der Waals surface area contributed by atoms with Gasteiger partial charge < -0.3 is 0 Å². The van der Waals surface area contributed by atoms with E-state index in [2.05, 4.69) is 6.92 Å². The second kappa shape index (κ2) is 2.51. The Hall–Kier alpha value is -1.02. The van der Waals surface area contributed by atoms with Gasteiger partial charge in [-0.25, -0.2) is 0 Å². The zero-order valence-electron chi connectivity index (χ0n) is 4.96. The predicted octanol–water partition coefficient (Wildman–Crippen LogP) is 1.67. The van der Waals surface area contributed by atoms with E-state index in [1.54, 1.807) is 12.1 Å². The molecule has 0 heterocycles. The average Bonchev–Trinajstić information content (AvgIpc) is 1.88. The van der Waals surface area contributed by atoms with Gasteiger partial charge in [0.05, 0.1) is 5.69 Å².